The zero-order valence-electron chi connectivity index (χ0n) is 52.7. The van der Waals surface area contributed by atoms with Gasteiger partial charge in [-0.1, -0.05) is 214 Å². The molecule has 8 heteroatoms. The van der Waals surface area contributed by atoms with Crippen LogP contribution in [0.3, 0.4) is 0 Å². The molecule has 0 fully saturated rings. The Morgan fingerprint density at radius 1 is 0.365 bits per heavy atom. The van der Waals surface area contributed by atoms with Gasteiger partial charge in [-0.2, -0.15) is 15.8 Å². The Labute approximate surface area is 556 Å². The molecule has 15 aromatic rings. The largest absolute Gasteiger partial charge is 0.308 e. The number of hydrogen-bond donors (Lipinski definition) is 0. The normalized spacial score (nSPS) is 12.8. The van der Waals surface area contributed by atoms with E-state index in [9.17, 15) is 15.8 Å². The van der Waals surface area contributed by atoms with Crippen LogP contribution in [0, 0.1) is 39.4 Å². The van der Waals surface area contributed by atoms with Crippen LogP contribution in [-0.2, 0) is 0 Å². The predicted molar refractivity (Wildman–Crippen MR) is 391 cm³/mol. The molecule has 0 saturated carbocycles. The van der Waals surface area contributed by atoms with Gasteiger partial charge in [-0.05, 0) is 176 Å². The van der Waals surface area contributed by atoms with Crippen molar-refractivity contribution in [1.82, 2.24) is 24.1 Å². The second kappa shape index (κ2) is 24.2. The summed E-state index contributed by atoms with van der Waals surface area (Å²) in [5, 5.41) is 34.9. The quantitative estimate of drug-likeness (QED) is 0.100. The van der Waals surface area contributed by atoms with E-state index in [2.05, 4.69) is 241 Å². The first kappa shape index (κ1) is 58.1. The van der Waals surface area contributed by atoms with Gasteiger partial charge in [0.05, 0.1) is 62.8 Å². The van der Waals surface area contributed by atoms with Crippen LogP contribution in [0.2, 0.25) is 0 Å². The van der Waals surface area contributed by atoms with E-state index in [0.29, 0.717) is 35.0 Å². The Kier molecular flexibility index (Phi) is 14.6. The monoisotopic (exact) mass is 1230 g/mol. The zero-order chi connectivity index (χ0) is 64.9. The summed E-state index contributed by atoms with van der Waals surface area (Å²) in [6.07, 6.45) is 6.53. The van der Waals surface area contributed by atoms with Crippen LogP contribution < -0.4 is 0 Å². The number of nitriles is 3. The van der Waals surface area contributed by atoms with E-state index < -0.39 is 5.41 Å². The Morgan fingerprint density at radius 2 is 0.740 bits per heavy atom. The molecule has 3 aromatic heterocycles. The van der Waals surface area contributed by atoms with Gasteiger partial charge in [0.2, 0.25) is 0 Å². The fraction of sp³-hybridized carbons (Fsp3) is 0.0455. The van der Waals surface area contributed by atoms with E-state index in [1.807, 2.05) is 97.1 Å². The number of benzene rings is 12. The van der Waals surface area contributed by atoms with E-state index in [4.69, 9.17) is 15.0 Å². The van der Waals surface area contributed by atoms with E-state index in [-0.39, 0.29) is 0 Å². The van der Waals surface area contributed by atoms with Crippen molar-refractivity contribution < 1.29 is 0 Å². The lowest BCUT2D eigenvalue weighted by Crippen LogP contribution is -2.24. The summed E-state index contributed by atoms with van der Waals surface area (Å²) in [6.45, 7) is 4.34. The topological polar surface area (TPSA) is 120 Å². The molecule has 96 heavy (non-hydrogen) atoms. The molecule has 0 unspecified atom stereocenters. The van der Waals surface area contributed by atoms with Crippen molar-refractivity contribution in [3.05, 3.63) is 326 Å². The van der Waals surface area contributed by atoms with Gasteiger partial charge in [-0.25, -0.2) is 15.0 Å². The minimum absolute atomic E-state index is 0.433. The molecule has 12 aromatic carbocycles. The Balaban J connectivity index is 0.999. The SMILES string of the molecule is CC[C@@](C)(/C=C/C#N)C1=CC(n2c3ccc(-c4ccccc4)cc3c3cc(-c4ccccc4)ccc32)=C1c1nc(-c2cccc(-c3cccc(C#N)c3)c2)nc(-c2ccc(-c3cccc(C#N)c3)cc2-n2c3ccc(-c4ccccc4)cc3c3cc(-c4ccccc4)ccc32)n1. The first-order valence-corrected chi connectivity index (χ1v) is 32.2. The summed E-state index contributed by atoms with van der Waals surface area (Å²) in [6, 6.07) is 106. The van der Waals surface area contributed by atoms with E-state index in [1.165, 1.54) is 0 Å². The fourth-order valence-corrected chi connectivity index (χ4v) is 13.8. The maximum Gasteiger partial charge on any atom is 0.166 e. The minimum atomic E-state index is -0.641. The molecule has 0 aliphatic heterocycles. The van der Waals surface area contributed by atoms with E-state index in [0.717, 1.165) is 144 Å². The fourth-order valence-electron chi connectivity index (χ4n) is 13.8. The van der Waals surface area contributed by atoms with Crippen LogP contribution in [0.15, 0.2) is 309 Å². The molecule has 0 spiro atoms. The van der Waals surface area contributed by atoms with E-state index in [1.54, 1.807) is 6.08 Å². The molecule has 450 valence electrons. The number of rotatable bonds is 14. The number of fused-ring (bicyclic) bond motifs is 6. The van der Waals surface area contributed by atoms with Crippen LogP contribution in [-0.4, -0.2) is 24.1 Å². The standard InChI is InChI=1S/C88H58N8/c1-3-88(2,44-19-45-89)77-54-83(96-80-42-37-68(61-26-12-6-13-27-61)51-75(80)76-52-69(38-43-81(76)96)62-28-14-7-15-29-62)84(77)87-93-85(71-33-18-32-65(48-71)63-30-16-20-57(46-63)55-90)92-86(94-87)72-39-34-70(64-31-17-21-58(47-64)56-91)53-82(72)95-78-40-35-66(59-22-8-4-9-23-59)49-73(78)74-50-67(36-41-79(74)95)60-24-10-5-11-25-60/h4-44,46-54H,3H2,1-2H3/b44-19+/t88-/m0/s1. The molecule has 0 amide bonds. The molecule has 0 radical (unpaired) electrons. The van der Waals surface area contributed by atoms with Crippen molar-refractivity contribution in [3.63, 3.8) is 0 Å². The highest BCUT2D eigenvalue weighted by molar-refractivity contribution is 6.17. The van der Waals surface area contributed by atoms with Crippen LogP contribution in [0.1, 0.15) is 37.2 Å². The Bertz CT molecular complexity index is 5660. The lowest BCUT2D eigenvalue weighted by atomic mass is 9.70. The molecule has 0 bridgehead atoms. The number of nitrogens with zero attached hydrogens (tertiary/aromatic N) is 8. The third-order valence-corrected chi connectivity index (χ3v) is 19.0. The zero-order valence-corrected chi connectivity index (χ0v) is 52.7. The van der Waals surface area contributed by atoms with Gasteiger partial charge in [0.1, 0.15) is 0 Å². The first-order chi connectivity index (χ1) is 47.2. The first-order valence-electron chi connectivity index (χ1n) is 32.2. The van der Waals surface area contributed by atoms with Gasteiger partial charge in [0.25, 0.3) is 0 Å². The van der Waals surface area contributed by atoms with Gasteiger partial charge in [-0.15, -0.1) is 0 Å². The van der Waals surface area contributed by atoms with Crippen LogP contribution in [0.25, 0.3) is 150 Å². The predicted octanol–water partition coefficient (Wildman–Crippen LogP) is 22.0. The smallest absolute Gasteiger partial charge is 0.166 e. The van der Waals surface area contributed by atoms with Gasteiger partial charge in [0.15, 0.2) is 17.5 Å². The highest BCUT2D eigenvalue weighted by Gasteiger charge is 2.38. The molecule has 0 saturated heterocycles. The maximum absolute atomic E-state index is 10.3. The van der Waals surface area contributed by atoms with Crippen molar-refractivity contribution in [1.29, 1.82) is 15.8 Å². The van der Waals surface area contributed by atoms with Gasteiger partial charge in [0, 0.05) is 49.7 Å². The van der Waals surface area contributed by atoms with Crippen LogP contribution in [0.4, 0.5) is 0 Å². The third-order valence-electron chi connectivity index (χ3n) is 19.0. The lowest BCUT2D eigenvalue weighted by molar-refractivity contribution is 0.506. The Hall–Kier alpha value is -13.1. The molecular formula is C88H58N8. The second-order valence-electron chi connectivity index (χ2n) is 24.6. The molecule has 3 heterocycles. The van der Waals surface area contributed by atoms with Crippen molar-refractivity contribution in [3.8, 4) is 113 Å². The third kappa shape index (κ3) is 10.3. The van der Waals surface area contributed by atoms with Gasteiger partial charge >= 0.3 is 0 Å². The molecular weight excluding hydrogens is 1170 g/mol. The molecule has 16 rings (SSSR count). The molecule has 8 nitrogen and oxygen atoms in total. The molecule has 1 atom stereocenters. The summed E-state index contributed by atoms with van der Waals surface area (Å²) in [5.41, 5.74) is 21.9. The van der Waals surface area contributed by atoms with Gasteiger partial charge in [-0.3, -0.25) is 0 Å². The summed E-state index contributed by atoms with van der Waals surface area (Å²) in [7, 11) is 0. The summed E-state index contributed by atoms with van der Waals surface area (Å²) in [5.74, 6) is 1.33. The van der Waals surface area contributed by atoms with Crippen molar-refractivity contribution >= 4 is 54.9 Å². The number of allylic oxidation sites excluding steroid dienone is 6. The Morgan fingerprint density at radius 3 is 1.19 bits per heavy atom. The van der Waals surface area contributed by atoms with E-state index >= 15 is 0 Å². The van der Waals surface area contributed by atoms with Crippen molar-refractivity contribution in [2.45, 2.75) is 20.3 Å². The second-order valence-corrected chi connectivity index (χ2v) is 24.6. The number of aromatic nitrogens is 5. The molecule has 0 N–H and O–H groups in total. The average molecular weight is 1230 g/mol. The minimum Gasteiger partial charge on any atom is -0.308 e. The molecule has 1 aliphatic rings. The highest BCUT2D eigenvalue weighted by Crippen LogP contribution is 2.52. The summed E-state index contributed by atoms with van der Waals surface area (Å²) in [4.78, 5) is 17.1. The van der Waals surface area contributed by atoms with Crippen molar-refractivity contribution in [2.75, 3.05) is 0 Å². The van der Waals surface area contributed by atoms with Crippen LogP contribution in [0.5, 0.6) is 0 Å². The lowest BCUT2D eigenvalue weighted by Gasteiger charge is -2.36. The molecule has 1 aliphatic carbocycles. The highest BCUT2D eigenvalue weighted by atomic mass is 15.1. The van der Waals surface area contributed by atoms with Gasteiger partial charge < -0.3 is 9.13 Å². The maximum atomic E-state index is 10.3. The summed E-state index contributed by atoms with van der Waals surface area (Å²) < 4.78 is 4.71. The van der Waals surface area contributed by atoms with Crippen molar-refractivity contribution in [2.24, 2.45) is 5.41 Å². The summed E-state index contributed by atoms with van der Waals surface area (Å²) >= 11 is 0. The average Bonchev–Trinajstić information content (AvgIpc) is 1.42. The van der Waals surface area contributed by atoms with Crippen LogP contribution >= 0.6 is 0 Å². The number of hydrogen-bond acceptors (Lipinski definition) is 6.